The van der Waals surface area contributed by atoms with Gasteiger partial charge in [0.1, 0.15) is 0 Å². The van der Waals surface area contributed by atoms with E-state index >= 15 is 0 Å². The minimum Gasteiger partial charge on any atom is -0.377 e. The number of hydrogen-bond donors (Lipinski definition) is 1. The Morgan fingerprint density at radius 1 is 1.07 bits per heavy atom. The van der Waals surface area contributed by atoms with Crippen molar-refractivity contribution in [1.82, 2.24) is 4.57 Å². The molecular weight excluding hydrogens is 372 g/mol. The van der Waals surface area contributed by atoms with E-state index in [2.05, 4.69) is 31.3 Å². The summed E-state index contributed by atoms with van der Waals surface area (Å²) >= 11 is 0. The highest BCUT2D eigenvalue weighted by molar-refractivity contribution is 7.94. The molecule has 0 spiro atoms. The predicted molar refractivity (Wildman–Crippen MR) is 114 cm³/mol. The van der Waals surface area contributed by atoms with Gasteiger partial charge in [-0.15, -0.1) is 0 Å². The van der Waals surface area contributed by atoms with E-state index in [1.54, 1.807) is 17.7 Å². The van der Waals surface area contributed by atoms with Gasteiger partial charge in [0.2, 0.25) is 0 Å². The summed E-state index contributed by atoms with van der Waals surface area (Å²) in [7, 11) is -1.40. The molecule has 28 heavy (non-hydrogen) atoms. The summed E-state index contributed by atoms with van der Waals surface area (Å²) in [5, 5.41) is 5.82. The molecule has 0 saturated carbocycles. The Morgan fingerprint density at radius 3 is 2.54 bits per heavy atom. The SMILES string of the molecule is Cc1ccc(-c2cc3cccc(N[C@@H]4C=CS(=O)(=O)C4)c3c(=O)n2C)cc1C. The molecule has 3 aromatic rings. The molecule has 0 fully saturated rings. The lowest BCUT2D eigenvalue weighted by atomic mass is 10.0. The van der Waals surface area contributed by atoms with Gasteiger partial charge in [-0.3, -0.25) is 4.79 Å². The first-order valence-electron chi connectivity index (χ1n) is 9.13. The van der Waals surface area contributed by atoms with Crippen LogP contribution in [-0.2, 0) is 16.9 Å². The minimum absolute atomic E-state index is 0.00439. The molecule has 144 valence electrons. The van der Waals surface area contributed by atoms with Crippen molar-refractivity contribution in [2.75, 3.05) is 11.1 Å². The van der Waals surface area contributed by atoms with Crippen molar-refractivity contribution in [3.63, 3.8) is 0 Å². The maximum atomic E-state index is 13.2. The third-order valence-corrected chi connectivity index (χ3v) is 6.74. The Balaban J connectivity index is 1.83. The Hall–Kier alpha value is -2.86. The average Bonchev–Trinajstić information content (AvgIpc) is 2.99. The van der Waals surface area contributed by atoms with Crippen LogP contribution in [0, 0.1) is 13.8 Å². The van der Waals surface area contributed by atoms with Gasteiger partial charge in [-0.05, 0) is 54.1 Å². The first kappa shape index (κ1) is 18.5. The molecule has 6 heteroatoms. The monoisotopic (exact) mass is 394 g/mol. The van der Waals surface area contributed by atoms with Gasteiger partial charge < -0.3 is 9.88 Å². The van der Waals surface area contributed by atoms with E-state index in [-0.39, 0.29) is 17.4 Å². The summed E-state index contributed by atoms with van der Waals surface area (Å²) in [6, 6.07) is 13.5. The fraction of sp³-hybridized carbons (Fsp3) is 0.227. The van der Waals surface area contributed by atoms with Crippen molar-refractivity contribution in [2.24, 2.45) is 7.05 Å². The van der Waals surface area contributed by atoms with Crippen LogP contribution < -0.4 is 10.9 Å². The summed E-state index contributed by atoms with van der Waals surface area (Å²) in [5.41, 5.74) is 4.76. The van der Waals surface area contributed by atoms with Crippen LogP contribution in [0.4, 0.5) is 5.69 Å². The van der Waals surface area contributed by atoms with E-state index in [1.165, 1.54) is 16.5 Å². The highest BCUT2D eigenvalue weighted by Gasteiger charge is 2.22. The smallest absolute Gasteiger partial charge is 0.260 e. The average molecular weight is 394 g/mol. The van der Waals surface area contributed by atoms with Gasteiger partial charge in [0.25, 0.3) is 5.56 Å². The molecule has 0 saturated heterocycles. The molecule has 5 nitrogen and oxygen atoms in total. The first-order chi connectivity index (χ1) is 13.2. The standard InChI is InChI=1S/C22H22N2O3S/c1-14-7-8-16(11-15(14)2)20-12-17-5-4-6-19(21(17)22(25)24(20)3)23-18-9-10-28(26,27)13-18/h4-12,18,23H,13H2,1-3H3/t18-/m1/s1. The van der Waals surface area contributed by atoms with Crippen LogP contribution in [0.15, 0.2) is 58.7 Å². The Bertz CT molecular complexity index is 1290. The molecule has 2 heterocycles. The van der Waals surface area contributed by atoms with Gasteiger partial charge in [-0.2, -0.15) is 0 Å². The van der Waals surface area contributed by atoms with Crippen molar-refractivity contribution in [3.8, 4) is 11.3 Å². The van der Waals surface area contributed by atoms with E-state index in [0.29, 0.717) is 11.1 Å². The highest BCUT2D eigenvalue weighted by Crippen LogP contribution is 2.28. The normalized spacial score (nSPS) is 17.9. The maximum Gasteiger partial charge on any atom is 0.260 e. The third-order valence-electron chi connectivity index (χ3n) is 5.34. The second-order valence-electron chi connectivity index (χ2n) is 7.37. The number of nitrogens with zero attached hydrogens (tertiary/aromatic N) is 1. The number of aryl methyl sites for hydroxylation is 2. The minimum atomic E-state index is -3.16. The first-order valence-corrected chi connectivity index (χ1v) is 10.8. The zero-order valence-electron chi connectivity index (χ0n) is 16.1. The molecule has 1 atom stereocenters. The molecule has 0 amide bonds. The van der Waals surface area contributed by atoms with Crippen LogP contribution >= 0.6 is 0 Å². The number of nitrogens with one attached hydrogen (secondary N) is 1. The Morgan fingerprint density at radius 2 is 1.86 bits per heavy atom. The topological polar surface area (TPSA) is 68.2 Å². The number of benzene rings is 2. The Labute approximate surface area is 164 Å². The highest BCUT2D eigenvalue weighted by atomic mass is 32.2. The van der Waals surface area contributed by atoms with Crippen molar-refractivity contribution in [2.45, 2.75) is 19.9 Å². The summed E-state index contributed by atoms with van der Waals surface area (Å²) in [6.45, 7) is 4.12. The number of anilines is 1. The molecule has 1 aliphatic heterocycles. The van der Waals surface area contributed by atoms with E-state index in [1.807, 2.05) is 30.3 Å². The van der Waals surface area contributed by atoms with Crippen LogP contribution in [0.25, 0.3) is 22.0 Å². The van der Waals surface area contributed by atoms with Gasteiger partial charge in [0.05, 0.1) is 22.9 Å². The van der Waals surface area contributed by atoms with E-state index in [9.17, 15) is 13.2 Å². The molecule has 0 aliphatic carbocycles. The number of rotatable bonds is 3. The van der Waals surface area contributed by atoms with Crippen LogP contribution in [0.2, 0.25) is 0 Å². The lowest BCUT2D eigenvalue weighted by Crippen LogP contribution is -2.24. The number of aromatic nitrogens is 1. The van der Waals surface area contributed by atoms with E-state index in [4.69, 9.17) is 0 Å². The summed E-state index contributed by atoms with van der Waals surface area (Å²) in [6.07, 6.45) is 1.63. The lowest BCUT2D eigenvalue weighted by Gasteiger charge is -2.16. The van der Waals surface area contributed by atoms with Gasteiger partial charge in [0.15, 0.2) is 9.84 Å². The van der Waals surface area contributed by atoms with Gasteiger partial charge in [-0.25, -0.2) is 8.42 Å². The molecule has 2 aromatic carbocycles. The summed E-state index contributed by atoms with van der Waals surface area (Å²) in [5.74, 6) is 0.00439. The molecule has 0 unspecified atom stereocenters. The van der Waals surface area contributed by atoms with Gasteiger partial charge in [-0.1, -0.05) is 30.3 Å². The van der Waals surface area contributed by atoms with Crippen LogP contribution in [0.1, 0.15) is 11.1 Å². The third kappa shape index (κ3) is 3.24. The molecule has 4 rings (SSSR count). The summed E-state index contributed by atoms with van der Waals surface area (Å²) < 4.78 is 25.0. The zero-order chi connectivity index (χ0) is 20.1. The molecule has 0 radical (unpaired) electrons. The second kappa shape index (κ2) is 6.63. The van der Waals surface area contributed by atoms with Gasteiger partial charge >= 0.3 is 0 Å². The predicted octanol–water partition coefficient (Wildman–Crippen LogP) is 3.54. The van der Waals surface area contributed by atoms with Gasteiger partial charge in [0, 0.05) is 18.1 Å². The number of pyridine rings is 1. The van der Waals surface area contributed by atoms with E-state index < -0.39 is 9.84 Å². The second-order valence-corrected chi connectivity index (χ2v) is 9.30. The largest absolute Gasteiger partial charge is 0.377 e. The van der Waals surface area contributed by atoms with Crippen molar-refractivity contribution < 1.29 is 8.42 Å². The van der Waals surface area contributed by atoms with E-state index in [0.717, 1.165) is 16.6 Å². The number of hydrogen-bond acceptors (Lipinski definition) is 4. The number of fused-ring (bicyclic) bond motifs is 1. The summed E-state index contributed by atoms with van der Waals surface area (Å²) in [4.78, 5) is 13.2. The van der Waals surface area contributed by atoms with Crippen LogP contribution in [-0.4, -0.2) is 24.8 Å². The van der Waals surface area contributed by atoms with Crippen LogP contribution in [0.3, 0.4) is 0 Å². The molecule has 0 bridgehead atoms. The Kier molecular flexibility index (Phi) is 4.38. The quantitative estimate of drug-likeness (QED) is 0.738. The van der Waals surface area contributed by atoms with Crippen LogP contribution in [0.5, 0.6) is 0 Å². The molecule has 1 N–H and O–H groups in total. The fourth-order valence-corrected chi connectivity index (χ4v) is 4.85. The lowest BCUT2D eigenvalue weighted by molar-refractivity contribution is 0.605. The molecular formula is C22H22N2O3S. The zero-order valence-corrected chi connectivity index (χ0v) is 16.9. The fourth-order valence-electron chi connectivity index (χ4n) is 3.61. The maximum absolute atomic E-state index is 13.2. The van der Waals surface area contributed by atoms with Crippen molar-refractivity contribution in [3.05, 3.63) is 75.4 Å². The van der Waals surface area contributed by atoms with Crippen molar-refractivity contribution in [1.29, 1.82) is 0 Å². The molecule has 1 aromatic heterocycles. The molecule has 1 aliphatic rings. The van der Waals surface area contributed by atoms with Crippen molar-refractivity contribution >= 4 is 26.3 Å². The number of sulfone groups is 1.